The zero-order chi connectivity index (χ0) is 19.6. The first kappa shape index (κ1) is 19.3. The van der Waals surface area contributed by atoms with Crippen LogP contribution in [-0.4, -0.2) is 26.3 Å². The number of benzene rings is 3. The molecule has 0 aromatic heterocycles. The summed E-state index contributed by atoms with van der Waals surface area (Å²) in [6, 6.07) is 23.3. The van der Waals surface area contributed by atoms with Gasteiger partial charge in [-0.2, -0.15) is 0 Å². The third-order valence-electron chi connectivity index (χ3n) is 3.91. The topological polar surface area (TPSA) is 54.0 Å². The van der Waals surface area contributed by atoms with Crippen LogP contribution >= 0.6 is 0 Å². The maximum Gasteiger partial charge on any atom is 0.343 e. The number of hydrogen-bond acceptors (Lipinski definition) is 5. The zero-order valence-electron chi connectivity index (χ0n) is 15.7. The molecule has 144 valence electrons. The molecule has 3 aromatic carbocycles. The molecule has 0 saturated heterocycles. The van der Waals surface area contributed by atoms with Gasteiger partial charge in [0.25, 0.3) is 0 Å². The van der Waals surface area contributed by atoms with E-state index in [1.807, 2.05) is 30.3 Å². The Labute approximate surface area is 164 Å². The number of methoxy groups -OCH3 is 1. The summed E-state index contributed by atoms with van der Waals surface area (Å²) in [5.41, 5.74) is 0.513. The zero-order valence-corrected chi connectivity index (χ0v) is 15.7. The van der Waals surface area contributed by atoms with E-state index in [0.717, 1.165) is 17.9 Å². The van der Waals surface area contributed by atoms with Crippen molar-refractivity contribution in [3.05, 3.63) is 84.4 Å². The number of carbonyl (C=O) groups excluding carboxylic acids is 1. The van der Waals surface area contributed by atoms with Crippen LogP contribution in [0.25, 0.3) is 0 Å². The summed E-state index contributed by atoms with van der Waals surface area (Å²) in [5, 5.41) is 0. The van der Waals surface area contributed by atoms with Gasteiger partial charge >= 0.3 is 5.97 Å². The van der Waals surface area contributed by atoms with E-state index >= 15 is 0 Å². The first-order valence-electron chi connectivity index (χ1n) is 9.01. The summed E-state index contributed by atoms with van der Waals surface area (Å²) in [5.74, 6) is 2.33. The van der Waals surface area contributed by atoms with Crippen molar-refractivity contribution >= 4 is 5.97 Å². The first-order valence-corrected chi connectivity index (χ1v) is 9.01. The highest BCUT2D eigenvalue weighted by atomic mass is 16.5. The van der Waals surface area contributed by atoms with Crippen LogP contribution in [0.15, 0.2) is 78.9 Å². The molecule has 0 atom stereocenters. The maximum absolute atomic E-state index is 12.0. The van der Waals surface area contributed by atoms with Gasteiger partial charge in [0.2, 0.25) is 0 Å². The van der Waals surface area contributed by atoms with Crippen LogP contribution in [0.2, 0.25) is 0 Å². The minimum absolute atomic E-state index is 0.385. The number of ether oxygens (including phenoxy) is 4. The Bertz CT molecular complexity index is 875. The second-order valence-electron chi connectivity index (χ2n) is 5.96. The molecule has 0 radical (unpaired) electrons. The average Bonchev–Trinajstić information content (AvgIpc) is 2.75. The molecule has 0 unspecified atom stereocenters. The smallest absolute Gasteiger partial charge is 0.343 e. The SMILES string of the molecule is COc1cccc(OCCCOc2ccc(OC(=O)c3ccccc3)cc2)c1. The van der Waals surface area contributed by atoms with Crippen LogP contribution in [0.4, 0.5) is 0 Å². The molecule has 5 nitrogen and oxygen atoms in total. The van der Waals surface area contributed by atoms with Crippen molar-refractivity contribution in [3.8, 4) is 23.0 Å². The van der Waals surface area contributed by atoms with E-state index in [1.165, 1.54) is 0 Å². The van der Waals surface area contributed by atoms with E-state index < -0.39 is 0 Å². The molecule has 0 bridgehead atoms. The Balaban J connectivity index is 1.39. The van der Waals surface area contributed by atoms with Gasteiger partial charge in [0.1, 0.15) is 23.0 Å². The summed E-state index contributed by atoms with van der Waals surface area (Å²) >= 11 is 0. The Morgan fingerprint density at radius 2 is 1.36 bits per heavy atom. The lowest BCUT2D eigenvalue weighted by Crippen LogP contribution is -2.08. The lowest BCUT2D eigenvalue weighted by molar-refractivity contribution is 0.0734. The predicted octanol–water partition coefficient (Wildman–Crippen LogP) is 4.76. The fraction of sp³-hybridized carbons (Fsp3) is 0.174. The highest BCUT2D eigenvalue weighted by Gasteiger charge is 2.07. The molecule has 0 spiro atoms. The van der Waals surface area contributed by atoms with Crippen LogP contribution < -0.4 is 18.9 Å². The monoisotopic (exact) mass is 378 g/mol. The third kappa shape index (κ3) is 5.77. The van der Waals surface area contributed by atoms with Gasteiger partial charge in [-0.15, -0.1) is 0 Å². The molecule has 0 heterocycles. The molecule has 0 aliphatic heterocycles. The van der Waals surface area contributed by atoms with Crippen LogP contribution in [-0.2, 0) is 0 Å². The van der Waals surface area contributed by atoms with Crippen LogP contribution in [0.5, 0.6) is 23.0 Å². The molecule has 0 amide bonds. The lowest BCUT2D eigenvalue weighted by atomic mass is 10.2. The van der Waals surface area contributed by atoms with E-state index in [9.17, 15) is 4.79 Å². The molecule has 0 saturated carbocycles. The normalized spacial score (nSPS) is 10.2. The van der Waals surface area contributed by atoms with Gasteiger partial charge in [0.05, 0.1) is 25.9 Å². The van der Waals surface area contributed by atoms with Crippen molar-refractivity contribution in [1.82, 2.24) is 0 Å². The number of carbonyl (C=O) groups is 1. The van der Waals surface area contributed by atoms with Crippen molar-refractivity contribution < 1.29 is 23.7 Å². The lowest BCUT2D eigenvalue weighted by Gasteiger charge is -2.09. The van der Waals surface area contributed by atoms with Gasteiger partial charge in [-0.05, 0) is 48.5 Å². The van der Waals surface area contributed by atoms with Crippen molar-refractivity contribution in [3.63, 3.8) is 0 Å². The van der Waals surface area contributed by atoms with Crippen molar-refractivity contribution in [2.24, 2.45) is 0 Å². The van der Waals surface area contributed by atoms with Crippen molar-refractivity contribution in [2.75, 3.05) is 20.3 Å². The fourth-order valence-corrected chi connectivity index (χ4v) is 2.47. The quantitative estimate of drug-likeness (QED) is 0.305. The summed E-state index contributed by atoms with van der Waals surface area (Å²) in [6.07, 6.45) is 0.738. The Morgan fingerprint density at radius 3 is 2.07 bits per heavy atom. The first-order chi connectivity index (χ1) is 13.7. The Hall–Kier alpha value is -3.47. The summed E-state index contributed by atoms with van der Waals surface area (Å²) in [7, 11) is 1.63. The maximum atomic E-state index is 12.0. The second-order valence-corrected chi connectivity index (χ2v) is 5.96. The van der Waals surface area contributed by atoms with Gasteiger partial charge < -0.3 is 18.9 Å². The van der Waals surface area contributed by atoms with Crippen LogP contribution in [0.3, 0.4) is 0 Å². The second kappa shape index (κ2) is 10.0. The van der Waals surface area contributed by atoms with E-state index in [0.29, 0.717) is 30.3 Å². The highest BCUT2D eigenvalue weighted by Crippen LogP contribution is 2.20. The summed E-state index contributed by atoms with van der Waals surface area (Å²) < 4.78 is 21.9. The van der Waals surface area contributed by atoms with E-state index in [2.05, 4.69) is 0 Å². The van der Waals surface area contributed by atoms with Crippen LogP contribution in [0, 0.1) is 0 Å². The Kier molecular flexibility index (Phi) is 6.90. The molecule has 0 aliphatic carbocycles. The Morgan fingerprint density at radius 1 is 0.714 bits per heavy atom. The third-order valence-corrected chi connectivity index (χ3v) is 3.91. The van der Waals surface area contributed by atoms with E-state index in [4.69, 9.17) is 18.9 Å². The number of rotatable bonds is 9. The fourth-order valence-electron chi connectivity index (χ4n) is 2.47. The summed E-state index contributed by atoms with van der Waals surface area (Å²) in [4.78, 5) is 12.0. The number of esters is 1. The molecule has 28 heavy (non-hydrogen) atoms. The molecule has 0 N–H and O–H groups in total. The van der Waals surface area contributed by atoms with Gasteiger partial charge in [0, 0.05) is 12.5 Å². The number of hydrogen-bond donors (Lipinski definition) is 0. The van der Waals surface area contributed by atoms with Crippen molar-refractivity contribution in [2.45, 2.75) is 6.42 Å². The standard InChI is InChI=1S/C23H22O5/c1-25-21-9-5-10-22(17-21)27-16-6-15-26-19-11-13-20(14-12-19)28-23(24)18-7-3-2-4-8-18/h2-5,7-14,17H,6,15-16H2,1H3. The molecule has 0 fully saturated rings. The summed E-state index contributed by atoms with van der Waals surface area (Å²) in [6.45, 7) is 1.06. The van der Waals surface area contributed by atoms with E-state index in [1.54, 1.807) is 55.6 Å². The molecule has 3 rings (SSSR count). The van der Waals surface area contributed by atoms with Gasteiger partial charge in [-0.25, -0.2) is 4.79 Å². The minimum Gasteiger partial charge on any atom is -0.497 e. The molecule has 5 heteroatoms. The average molecular weight is 378 g/mol. The molecule has 0 aliphatic rings. The van der Waals surface area contributed by atoms with Crippen LogP contribution in [0.1, 0.15) is 16.8 Å². The molecular weight excluding hydrogens is 356 g/mol. The highest BCUT2D eigenvalue weighted by molar-refractivity contribution is 5.90. The largest absolute Gasteiger partial charge is 0.497 e. The van der Waals surface area contributed by atoms with E-state index in [-0.39, 0.29) is 5.97 Å². The minimum atomic E-state index is -0.385. The van der Waals surface area contributed by atoms with Gasteiger partial charge in [-0.3, -0.25) is 0 Å². The predicted molar refractivity (Wildman–Crippen MR) is 106 cm³/mol. The molecule has 3 aromatic rings. The molecular formula is C23H22O5. The van der Waals surface area contributed by atoms with Gasteiger partial charge in [-0.1, -0.05) is 24.3 Å². The van der Waals surface area contributed by atoms with Crippen molar-refractivity contribution in [1.29, 1.82) is 0 Å². The van der Waals surface area contributed by atoms with Gasteiger partial charge in [0.15, 0.2) is 0 Å².